The van der Waals surface area contributed by atoms with Gasteiger partial charge in [0.05, 0.1) is 22.5 Å². The van der Waals surface area contributed by atoms with E-state index < -0.39 is 6.10 Å². The Balaban J connectivity index is 0.856. The normalized spacial score (nSPS) is 16.1. The lowest BCUT2D eigenvalue weighted by atomic mass is 9.93. The van der Waals surface area contributed by atoms with Crippen molar-refractivity contribution in [2.24, 2.45) is 0 Å². The van der Waals surface area contributed by atoms with Crippen molar-refractivity contribution in [2.45, 2.75) is 88.7 Å². The molecule has 4 aromatic carbocycles. The number of amides is 1. The van der Waals surface area contributed by atoms with Gasteiger partial charge in [0.25, 0.3) is 0 Å². The number of hydrogen-bond donors (Lipinski definition) is 0. The van der Waals surface area contributed by atoms with Crippen molar-refractivity contribution in [3.05, 3.63) is 129 Å². The van der Waals surface area contributed by atoms with Crippen molar-refractivity contribution in [1.82, 2.24) is 4.90 Å². The van der Waals surface area contributed by atoms with E-state index in [4.69, 9.17) is 27.9 Å². The molecule has 2 aliphatic carbocycles. The van der Waals surface area contributed by atoms with Gasteiger partial charge in [-0.25, -0.2) is 0 Å². The van der Waals surface area contributed by atoms with E-state index in [1.54, 1.807) is 0 Å². The molecular formula is C42H43Cl2NO4. The monoisotopic (exact) mass is 695 g/mol. The lowest BCUT2D eigenvalue weighted by molar-refractivity contribution is -0.148. The largest absolute Gasteiger partial charge is 0.452 e. The van der Waals surface area contributed by atoms with Crippen LogP contribution in [-0.4, -0.2) is 29.6 Å². The maximum Gasteiger partial charge on any atom is 0.307 e. The Morgan fingerprint density at radius 2 is 1.22 bits per heavy atom. The third-order valence-corrected chi connectivity index (χ3v) is 10.9. The summed E-state index contributed by atoms with van der Waals surface area (Å²) in [5.41, 5.74) is 7.73. The molecule has 0 aliphatic heterocycles. The minimum absolute atomic E-state index is 0.0266. The third-order valence-electron chi connectivity index (χ3n) is 10.1. The van der Waals surface area contributed by atoms with E-state index in [-0.39, 0.29) is 42.5 Å². The fourth-order valence-corrected chi connectivity index (χ4v) is 7.78. The Bertz CT molecular complexity index is 1770. The Hall–Kier alpha value is -3.93. The van der Waals surface area contributed by atoms with Gasteiger partial charge in [-0.15, -0.1) is 0 Å². The summed E-state index contributed by atoms with van der Waals surface area (Å²) < 4.78 is 5.88. The van der Waals surface area contributed by atoms with Gasteiger partial charge in [-0.1, -0.05) is 128 Å². The molecule has 49 heavy (non-hydrogen) atoms. The molecule has 0 radical (unpaired) electrons. The zero-order valence-electron chi connectivity index (χ0n) is 28.0. The van der Waals surface area contributed by atoms with Crippen molar-refractivity contribution in [3.63, 3.8) is 0 Å². The smallest absolute Gasteiger partial charge is 0.307 e. The molecule has 0 heterocycles. The minimum Gasteiger partial charge on any atom is -0.452 e. The predicted octanol–water partition coefficient (Wildman–Crippen LogP) is 10.8. The number of rotatable bonds is 15. The SMILES string of the molecule is CN(C(=O)CCCCCCCCC(=O)CCC(=O)OC1c2ccccc2-c2ccccc21)[C@@H]1C[C@@H](c2ccc(Cl)c(Cl)c2)c2ccccc21. The van der Waals surface area contributed by atoms with Gasteiger partial charge in [0.15, 0.2) is 6.10 Å². The summed E-state index contributed by atoms with van der Waals surface area (Å²) in [7, 11) is 1.92. The Kier molecular flexibility index (Phi) is 11.5. The molecule has 0 aromatic heterocycles. The van der Waals surface area contributed by atoms with Gasteiger partial charge >= 0.3 is 5.97 Å². The van der Waals surface area contributed by atoms with Crippen LogP contribution in [0.2, 0.25) is 10.0 Å². The zero-order chi connectivity index (χ0) is 34.3. The van der Waals surface area contributed by atoms with Crippen molar-refractivity contribution >= 4 is 40.9 Å². The molecule has 0 N–H and O–H groups in total. The van der Waals surface area contributed by atoms with Crippen LogP contribution in [0.3, 0.4) is 0 Å². The summed E-state index contributed by atoms with van der Waals surface area (Å²) in [6.45, 7) is 0. The Labute approximate surface area is 299 Å². The molecule has 5 nitrogen and oxygen atoms in total. The first-order valence-electron chi connectivity index (χ1n) is 17.5. The van der Waals surface area contributed by atoms with Crippen molar-refractivity contribution < 1.29 is 19.1 Å². The summed E-state index contributed by atoms with van der Waals surface area (Å²) in [6.07, 6.45) is 7.42. The fraction of sp³-hybridized carbons (Fsp3) is 0.357. The fourth-order valence-electron chi connectivity index (χ4n) is 7.47. The van der Waals surface area contributed by atoms with E-state index in [1.165, 1.54) is 11.1 Å². The molecule has 6 rings (SSSR count). The number of carbonyl (C=O) groups is 3. The molecule has 0 saturated heterocycles. The first-order valence-corrected chi connectivity index (χ1v) is 18.3. The van der Waals surface area contributed by atoms with E-state index in [2.05, 4.69) is 30.3 Å². The molecular weight excluding hydrogens is 653 g/mol. The quantitative estimate of drug-likeness (QED) is 0.0917. The van der Waals surface area contributed by atoms with Gasteiger partial charge in [0.2, 0.25) is 5.91 Å². The number of Topliss-reactive ketones (excluding diaryl/α,β-unsaturated/α-hetero) is 1. The van der Waals surface area contributed by atoms with Crippen LogP contribution in [0.4, 0.5) is 0 Å². The van der Waals surface area contributed by atoms with Crippen molar-refractivity contribution in [3.8, 4) is 11.1 Å². The van der Waals surface area contributed by atoms with Crippen LogP contribution >= 0.6 is 23.2 Å². The van der Waals surface area contributed by atoms with Gasteiger partial charge in [0, 0.05) is 43.4 Å². The number of nitrogens with zero attached hydrogens (tertiary/aromatic N) is 1. The molecule has 0 saturated carbocycles. The van der Waals surface area contributed by atoms with Crippen LogP contribution in [0.15, 0.2) is 91.0 Å². The number of halogens is 2. The topological polar surface area (TPSA) is 63.7 Å². The molecule has 0 fully saturated rings. The highest BCUT2D eigenvalue weighted by atomic mass is 35.5. The molecule has 7 heteroatoms. The summed E-state index contributed by atoms with van der Waals surface area (Å²) in [4.78, 5) is 40.4. The number of fused-ring (bicyclic) bond motifs is 4. The van der Waals surface area contributed by atoms with Crippen LogP contribution in [0, 0.1) is 0 Å². The zero-order valence-corrected chi connectivity index (χ0v) is 29.5. The van der Waals surface area contributed by atoms with Crippen LogP contribution in [0.1, 0.15) is 117 Å². The first kappa shape index (κ1) is 34.9. The number of ether oxygens (including phenoxy) is 1. The molecule has 0 spiro atoms. The van der Waals surface area contributed by atoms with Crippen molar-refractivity contribution in [2.75, 3.05) is 7.05 Å². The molecule has 0 unspecified atom stereocenters. The third kappa shape index (κ3) is 8.11. The van der Waals surface area contributed by atoms with Gasteiger partial charge in [0.1, 0.15) is 5.78 Å². The molecule has 2 aliphatic rings. The number of carbonyl (C=O) groups excluding carboxylic acids is 3. The average Bonchev–Trinajstić information content (AvgIpc) is 3.66. The molecule has 254 valence electrons. The lowest BCUT2D eigenvalue weighted by Gasteiger charge is -2.26. The second-order valence-electron chi connectivity index (χ2n) is 13.3. The summed E-state index contributed by atoms with van der Waals surface area (Å²) in [5, 5.41) is 1.09. The number of esters is 1. The van der Waals surface area contributed by atoms with E-state index in [0.717, 1.165) is 72.8 Å². The van der Waals surface area contributed by atoms with Crippen molar-refractivity contribution in [1.29, 1.82) is 0 Å². The number of hydrogen-bond acceptors (Lipinski definition) is 4. The van der Waals surface area contributed by atoms with Crippen LogP contribution < -0.4 is 0 Å². The van der Waals surface area contributed by atoms with Crippen LogP contribution in [-0.2, 0) is 19.1 Å². The number of benzene rings is 4. The Morgan fingerprint density at radius 3 is 1.88 bits per heavy atom. The summed E-state index contributed by atoms with van der Waals surface area (Å²) in [5.74, 6) is 0.0985. The van der Waals surface area contributed by atoms with E-state index in [9.17, 15) is 14.4 Å². The molecule has 1 amide bonds. The van der Waals surface area contributed by atoms with E-state index in [1.807, 2.05) is 72.6 Å². The second-order valence-corrected chi connectivity index (χ2v) is 14.1. The summed E-state index contributed by atoms with van der Waals surface area (Å²) >= 11 is 12.5. The molecule has 4 aromatic rings. The van der Waals surface area contributed by atoms with Gasteiger partial charge in [-0.2, -0.15) is 0 Å². The highest BCUT2D eigenvalue weighted by Crippen LogP contribution is 2.47. The first-order chi connectivity index (χ1) is 23.8. The minimum atomic E-state index is -0.419. The van der Waals surface area contributed by atoms with E-state index in [0.29, 0.717) is 22.9 Å². The lowest BCUT2D eigenvalue weighted by Crippen LogP contribution is -2.30. The summed E-state index contributed by atoms with van der Waals surface area (Å²) in [6, 6.07) is 30.2. The van der Waals surface area contributed by atoms with Crippen LogP contribution in [0.25, 0.3) is 11.1 Å². The van der Waals surface area contributed by atoms with Gasteiger partial charge in [-0.05, 0) is 59.2 Å². The second kappa shape index (κ2) is 16.2. The number of ketones is 1. The van der Waals surface area contributed by atoms with Gasteiger partial charge < -0.3 is 9.64 Å². The standard InChI is InChI=1S/C42H43Cl2NO4/c1-45(39-27-36(32-17-8-11-18-33(32)39)28-22-24-37(43)38(44)26-28)40(47)21-7-5-3-2-4-6-14-29(46)23-25-41(48)49-42-34-19-12-9-15-30(34)31-16-10-13-20-35(31)42/h8-13,15-20,22,24,26,36,39,42H,2-7,14,21,23,25,27H2,1H3/t36-,39+/m0/s1. The molecule has 2 atom stereocenters. The van der Waals surface area contributed by atoms with Crippen LogP contribution in [0.5, 0.6) is 0 Å². The maximum absolute atomic E-state index is 13.2. The average molecular weight is 697 g/mol. The molecule has 0 bridgehead atoms. The maximum atomic E-state index is 13.2. The Morgan fingerprint density at radius 1 is 0.653 bits per heavy atom. The highest BCUT2D eigenvalue weighted by molar-refractivity contribution is 6.42. The van der Waals surface area contributed by atoms with Gasteiger partial charge in [-0.3, -0.25) is 14.4 Å². The predicted molar refractivity (Wildman–Crippen MR) is 196 cm³/mol. The highest BCUT2D eigenvalue weighted by Gasteiger charge is 2.36. The number of unbranched alkanes of at least 4 members (excludes halogenated alkanes) is 5. The van der Waals surface area contributed by atoms with E-state index >= 15 is 0 Å².